The van der Waals surface area contributed by atoms with E-state index in [-0.39, 0.29) is 12.1 Å². The Labute approximate surface area is 103 Å². The maximum absolute atomic E-state index is 6.16. The molecule has 0 spiro atoms. The number of halogens is 1. The van der Waals surface area contributed by atoms with Gasteiger partial charge in [-0.25, -0.2) is 4.68 Å². The lowest BCUT2D eigenvalue weighted by atomic mass is 10.0. The molecule has 0 amide bonds. The highest BCUT2D eigenvalue weighted by molar-refractivity contribution is 9.10. The molecule has 16 heavy (non-hydrogen) atoms. The van der Waals surface area contributed by atoms with Crippen LogP contribution in [0.5, 0.6) is 0 Å². The fourth-order valence-electron chi connectivity index (χ4n) is 2.12. The van der Waals surface area contributed by atoms with Crippen LogP contribution in [0.3, 0.4) is 0 Å². The fraction of sp³-hybridized carbons (Fsp3) is 0.800. The molecule has 0 bridgehead atoms. The third-order valence-corrected chi connectivity index (χ3v) is 3.53. The Balaban J connectivity index is 1.99. The van der Waals surface area contributed by atoms with Gasteiger partial charge in [-0.1, -0.05) is 5.21 Å². The average molecular weight is 289 g/mol. The number of hydrogen-bond acceptors (Lipinski definition) is 4. The van der Waals surface area contributed by atoms with E-state index in [1.807, 2.05) is 7.05 Å². The first-order chi connectivity index (χ1) is 7.68. The summed E-state index contributed by atoms with van der Waals surface area (Å²) in [4.78, 5) is 0. The predicted molar refractivity (Wildman–Crippen MR) is 63.8 cm³/mol. The van der Waals surface area contributed by atoms with Gasteiger partial charge in [0.1, 0.15) is 0 Å². The van der Waals surface area contributed by atoms with E-state index in [0.717, 1.165) is 29.7 Å². The van der Waals surface area contributed by atoms with Crippen molar-refractivity contribution in [2.24, 2.45) is 12.8 Å². The molecular weight excluding hydrogens is 272 g/mol. The molecule has 2 atom stereocenters. The zero-order valence-electron chi connectivity index (χ0n) is 9.40. The summed E-state index contributed by atoms with van der Waals surface area (Å²) in [6, 6.07) is -0.0718. The van der Waals surface area contributed by atoms with Crippen molar-refractivity contribution in [1.82, 2.24) is 15.0 Å². The molecule has 2 N–H and O–H groups in total. The Morgan fingerprint density at radius 1 is 1.62 bits per heavy atom. The maximum Gasteiger partial charge on any atom is 0.153 e. The van der Waals surface area contributed by atoms with E-state index in [2.05, 4.69) is 26.2 Å². The van der Waals surface area contributed by atoms with Crippen molar-refractivity contribution in [1.29, 1.82) is 0 Å². The molecule has 1 aliphatic rings. The van der Waals surface area contributed by atoms with Gasteiger partial charge < -0.3 is 10.5 Å². The zero-order valence-corrected chi connectivity index (χ0v) is 11.0. The Hall–Kier alpha value is -0.460. The summed E-state index contributed by atoms with van der Waals surface area (Å²) in [5.74, 6) is 0. The lowest BCUT2D eigenvalue weighted by Gasteiger charge is -2.25. The molecule has 0 aromatic carbocycles. The van der Waals surface area contributed by atoms with Gasteiger partial charge in [-0.15, -0.1) is 5.10 Å². The molecule has 0 radical (unpaired) electrons. The van der Waals surface area contributed by atoms with Gasteiger partial charge >= 0.3 is 0 Å². The molecule has 1 aromatic heterocycles. The summed E-state index contributed by atoms with van der Waals surface area (Å²) in [7, 11) is 1.86. The molecule has 1 saturated heterocycles. The topological polar surface area (TPSA) is 66.0 Å². The minimum Gasteiger partial charge on any atom is -0.378 e. The Morgan fingerprint density at radius 3 is 3.00 bits per heavy atom. The van der Waals surface area contributed by atoms with Crippen LogP contribution in [0.25, 0.3) is 0 Å². The van der Waals surface area contributed by atoms with E-state index in [0.29, 0.717) is 0 Å². The third-order valence-electron chi connectivity index (χ3n) is 2.97. The van der Waals surface area contributed by atoms with Gasteiger partial charge in [-0.05, 0) is 41.6 Å². The minimum absolute atomic E-state index is 0.0718. The van der Waals surface area contributed by atoms with Crippen molar-refractivity contribution < 1.29 is 4.74 Å². The number of nitrogens with two attached hydrogens (primary N) is 1. The number of hydrogen-bond donors (Lipinski definition) is 1. The van der Waals surface area contributed by atoms with Gasteiger partial charge in [-0.2, -0.15) is 0 Å². The molecular formula is C10H17BrN4O. The van der Waals surface area contributed by atoms with E-state index in [1.54, 1.807) is 4.68 Å². The highest BCUT2D eigenvalue weighted by Crippen LogP contribution is 2.26. The van der Waals surface area contributed by atoms with Crippen molar-refractivity contribution in [3.05, 3.63) is 10.3 Å². The first-order valence-corrected chi connectivity index (χ1v) is 6.40. The first kappa shape index (κ1) is 12.0. The van der Waals surface area contributed by atoms with E-state index in [1.165, 1.54) is 12.8 Å². The highest BCUT2D eigenvalue weighted by Gasteiger charge is 2.22. The van der Waals surface area contributed by atoms with Crippen molar-refractivity contribution in [3.8, 4) is 0 Å². The summed E-state index contributed by atoms with van der Waals surface area (Å²) < 4.78 is 8.14. The summed E-state index contributed by atoms with van der Waals surface area (Å²) in [5, 5.41) is 7.87. The summed E-state index contributed by atoms with van der Waals surface area (Å²) in [5.41, 5.74) is 7.10. The largest absolute Gasteiger partial charge is 0.378 e. The quantitative estimate of drug-likeness (QED) is 0.916. The third kappa shape index (κ3) is 2.61. The molecule has 2 unspecified atom stereocenters. The highest BCUT2D eigenvalue weighted by atomic mass is 79.9. The lowest BCUT2D eigenvalue weighted by Crippen LogP contribution is -2.26. The Bertz CT molecular complexity index is 329. The molecule has 1 fully saturated rings. The molecule has 1 aromatic rings. The number of rotatable bonds is 3. The van der Waals surface area contributed by atoms with Crippen LogP contribution in [0.4, 0.5) is 0 Å². The summed E-state index contributed by atoms with van der Waals surface area (Å²) in [6.45, 7) is 0.863. The van der Waals surface area contributed by atoms with Gasteiger partial charge in [0.05, 0.1) is 17.8 Å². The second-order valence-electron chi connectivity index (χ2n) is 4.22. The smallest absolute Gasteiger partial charge is 0.153 e. The lowest BCUT2D eigenvalue weighted by molar-refractivity contribution is 0.00687. The minimum atomic E-state index is -0.0718. The number of aromatic nitrogens is 3. The SMILES string of the molecule is Cn1nnc(Br)c1C(N)CC1CCCCO1. The van der Waals surface area contributed by atoms with Crippen molar-refractivity contribution >= 4 is 15.9 Å². The van der Waals surface area contributed by atoms with Crippen LogP contribution < -0.4 is 5.73 Å². The predicted octanol–water partition coefficient (Wildman–Crippen LogP) is 1.54. The monoisotopic (exact) mass is 288 g/mol. The standard InChI is InChI=1S/C10H17BrN4O/c1-15-9(10(11)13-14-15)8(12)6-7-4-2-3-5-16-7/h7-8H,2-6,12H2,1H3. The van der Waals surface area contributed by atoms with Crippen LogP contribution in [0.2, 0.25) is 0 Å². The normalized spacial score (nSPS) is 23.3. The molecule has 1 aliphatic heterocycles. The Kier molecular flexibility index (Phi) is 3.94. The van der Waals surface area contributed by atoms with Crippen LogP contribution in [-0.2, 0) is 11.8 Å². The van der Waals surface area contributed by atoms with Gasteiger partial charge in [-0.3, -0.25) is 0 Å². The van der Waals surface area contributed by atoms with Crippen LogP contribution >= 0.6 is 15.9 Å². The Morgan fingerprint density at radius 2 is 2.44 bits per heavy atom. The maximum atomic E-state index is 6.16. The van der Waals surface area contributed by atoms with Crippen LogP contribution in [0, 0.1) is 0 Å². The summed E-state index contributed by atoms with van der Waals surface area (Å²) >= 11 is 3.37. The average Bonchev–Trinajstić information content (AvgIpc) is 2.60. The van der Waals surface area contributed by atoms with Crippen LogP contribution in [-0.4, -0.2) is 27.7 Å². The van der Waals surface area contributed by atoms with Gasteiger partial charge in [0.25, 0.3) is 0 Å². The van der Waals surface area contributed by atoms with Crippen LogP contribution in [0.1, 0.15) is 37.4 Å². The van der Waals surface area contributed by atoms with E-state index < -0.39 is 0 Å². The molecule has 0 saturated carbocycles. The van der Waals surface area contributed by atoms with Gasteiger partial charge in [0.2, 0.25) is 0 Å². The fourth-order valence-corrected chi connectivity index (χ4v) is 2.74. The molecule has 0 aliphatic carbocycles. The molecule has 90 valence electrons. The van der Waals surface area contributed by atoms with E-state index in [4.69, 9.17) is 10.5 Å². The van der Waals surface area contributed by atoms with Crippen molar-refractivity contribution in [2.45, 2.75) is 37.8 Å². The summed E-state index contributed by atoms with van der Waals surface area (Å²) in [6.07, 6.45) is 4.63. The number of aryl methyl sites for hydroxylation is 1. The second-order valence-corrected chi connectivity index (χ2v) is 4.97. The second kappa shape index (κ2) is 5.25. The molecule has 6 heteroatoms. The van der Waals surface area contributed by atoms with Crippen molar-refractivity contribution in [3.63, 3.8) is 0 Å². The number of ether oxygens (including phenoxy) is 1. The number of nitrogens with zero attached hydrogens (tertiary/aromatic N) is 3. The van der Waals surface area contributed by atoms with E-state index in [9.17, 15) is 0 Å². The van der Waals surface area contributed by atoms with Crippen molar-refractivity contribution in [2.75, 3.05) is 6.61 Å². The molecule has 5 nitrogen and oxygen atoms in total. The first-order valence-electron chi connectivity index (χ1n) is 5.60. The van der Waals surface area contributed by atoms with E-state index >= 15 is 0 Å². The van der Waals surface area contributed by atoms with Crippen LogP contribution in [0.15, 0.2) is 4.60 Å². The molecule has 2 rings (SSSR count). The van der Waals surface area contributed by atoms with Gasteiger partial charge in [0, 0.05) is 13.7 Å². The zero-order chi connectivity index (χ0) is 11.5. The van der Waals surface area contributed by atoms with Gasteiger partial charge in [0.15, 0.2) is 4.60 Å². The molecule has 2 heterocycles.